The Morgan fingerprint density at radius 3 is 2.80 bits per heavy atom. The first-order valence-electron chi connectivity index (χ1n) is 5.91. The molecule has 0 aliphatic carbocycles. The number of thiophene rings is 1. The third-order valence-electron chi connectivity index (χ3n) is 2.93. The molecule has 20 heavy (non-hydrogen) atoms. The van der Waals surface area contributed by atoms with E-state index in [1.807, 2.05) is 29.6 Å². The minimum atomic E-state index is -0.204. The molecule has 0 aliphatic heterocycles. The first-order valence-corrected chi connectivity index (χ1v) is 7.17. The van der Waals surface area contributed by atoms with Crippen LogP contribution in [0.1, 0.15) is 10.4 Å². The summed E-state index contributed by atoms with van der Waals surface area (Å²) in [6.45, 7) is 0. The van der Waals surface area contributed by atoms with Crippen LogP contribution in [0.2, 0.25) is 5.02 Å². The highest BCUT2D eigenvalue weighted by atomic mass is 35.5. The van der Waals surface area contributed by atoms with Crippen LogP contribution in [0.5, 0.6) is 5.75 Å². The summed E-state index contributed by atoms with van der Waals surface area (Å²) in [5.41, 5.74) is 1.13. The topological polar surface area (TPSA) is 49.3 Å². The minimum Gasteiger partial charge on any atom is -0.506 e. The molecular weight excluding hydrogens is 294 g/mol. The molecule has 0 aliphatic rings. The number of nitrogens with one attached hydrogen (secondary N) is 1. The monoisotopic (exact) mass is 303 g/mol. The normalized spacial score (nSPS) is 10.7. The van der Waals surface area contributed by atoms with E-state index in [0.29, 0.717) is 11.3 Å². The van der Waals surface area contributed by atoms with Crippen LogP contribution in [-0.2, 0) is 0 Å². The summed E-state index contributed by atoms with van der Waals surface area (Å²) in [6.07, 6.45) is 0. The quantitative estimate of drug-likeness (QED) is 0.731. The van der Waals surface area contributed by atoms with Crippen LogP contribution in [-0.4, -0.2) is 11.0 Å². The van der Waals surface area contributed by atoms with Crippen molar-refractivity contribution in [3.05, 3.63) is 58.4 Å². The molecule has 0 bridgehead atoms. The maximum Gasteiger partial charge on any atom is 0.257 e. The van der Waals surface area contributed by atoms with Gasteiger partial charge in [0.1, 0.15) is 5.75 Å². The molecule has 2 aromatic carbocycles. The van der Waals surface area contributed by atoms with Crippen LogP contribution in [0.25, 0.3) is 10.1 Å². The summed E-state index contributed by atoms with van der Waals surface area (Å²) in [4.78, 5) is 12.3. The maximum atomic E-state index is 12.3. The van der Waals surface area contributed by atoms with Gasteiger partial charge in [0, 0.05) is 27.2 Å². The lowest BCUT2D eigenvalue weighted by Crippen LogP contribution is -2.11. The van der Waals surface area contributed by atoms with E-state index >= 15 is 0 Å². The zero-order valence-corrected chi connectivity index (χ0v) is 11.8. The van der Waals surface area contributed by atoms with Crippen LogP contribution in [0, 0.1) is 0 Å². The van der Waals surface area contributed by atoms with Crippen molar-refractivity contribution in [2.45, 2.75) is 0 Å². The Morgan fingerprint density at radius 1 is 1.20 bits per heavy atom. The van der Waals surface area contributed by atoms with Gasteiger partial charge in [0.2, 0.25) is 0 Å². The molecule has 0 fully saturated rings. The molecule has 0 saturated carbocycles. The molecule has 3 rings (SSSR count). The predicted octanol–water partition coefficient (Wildman–Crippen LogP) is 4.51. The van der Waals surface area contributed by atoms with Gasteiger partial charge >= 0.3 is 0 Å². The molecule has 3 aromatic rings. The standard InChI is InChI=1S/C15H10ClNO2S/c16-12-6-5-9(7-13(12)18)17-15(19)11-8-20-14-4-2-1-3-10(11)14/h1-8,18H,(H,17,19). The molecule has 1 heterocycles. The molecule has 100 valence electrons. The van der Waals surface area contributed by atoms with E-state index in [4.69, 9.17) is 11.6 Å². The molecule has 5 heteroatoms. The zero-order valence-electron chi connectivity index (χ0n) is 10.3. The van der Waals surface area contributed by atoms with Crippen molar-refractivity contribution in [3.63, 3.8) is 0 Å². The molecule has 0 atom stereocenters. The van der Waals surface area contributed by atoms with Crippen LogP contribution in [0.4, 0.5) is 5.69 Å². The van der Waals surface area contributed by atoms with Crippen molar-refractivity contribution in [1.29, 1.82) is 0 Å². The lowest BCUT2D eigenvalue weighted by atomic mass is 10.1. The van der Waals surface area contributed by atoms with E-state index in [2.05, 4.69) is 5.32 Å². The summed E-state index contributed by atoms with van der Waals surface area (Å²) in [5.74, 6) is -0.260. The number of hydrogen-bond acceptors (Lipinski definition) is 3. The van der Waals surface area contributed by atoms with E-state index in [-0.39, 0.29) is 16.7 Å². The third kappa shape index (κ3) is 2.35. The van der Waals surface area contributed by atoms with Gasteiger partial charge in [-0.2, -0.15) is 0 Å². The lowest BCUT2D eigenvalue weighted by molar-refractivity contribution is 0.102. The maximum absolute atomic E-state index is 12.3. The van der Waals surface area contributed by atoms with Crippen molar-refractivity contribution in [1.82, 2.24) is 0 Å². The molecular formula is C15H10ClNO2S. The van der Waals surface area contributed by atoms with Crippen molar-refractivity contribution in [3.8, 4) is 5.75 Å². The van der Waals surface area contributed by atoms with Crippen LogP contribution < -0.4 is 5.32 Å². The number of phenols is 1. The second-order valence-corrected chi connectivity index (χ2v) is 5.58. The van der Waals surface area contributed by atoms with E-state index in [1.54, 1.807) is 6.07 Å². The fourth-order valence-corrected chi connectivity index (χ4v) is 3.00. The number of fused-ring (bicyclic) bond motifs is 1. The molecule has 0 radical (unpaired) electrons. The number of amides is 1. The van der Waals surface area contributed by atoms with E-state index in [9.17, 15) is 9.90 Å². The minimum absolute atomic E-state index is 0.0559. The Labute approximate surface area is 124 Å². The van der Waals surface area contributed by atoms with Gasteiger partial charge in [-0.15, -0.1) is 11.3 Å². The predicted molar refractivity (Wildman–Crippen MR) is 82.9 cm³/mol. The molecule has 0 spiro atoms. The number of carbonyl (C=O) groups excluding carboxylic acids is 1. The molecule has 1 aromatic heterocycles. The number of aromatic hydroxyl groups is 1. The first kappa shape index (κ1) is 13.0. The Morgan fingerprint density at radius 2 is 2.00 bits per heavy atom. The number of rotatable bonds is 2. The van der Waals surface area contributed by atoms with E-state index < -0.39 is 0 Å². The largest absolute Gasteiger partial charge is 0.506 e. The number of phenolic OH excluding ortho intramolecular Hbond substituents is 1. The smallest absolute Gasteiger partial charge is 0.257 e. The van der Waals surface area contributed by atoms with Crippen LogP contribution in [0.15, 0.2) is 47.8 Å². The Kier molecular flexibility index (Phi) is 3.34. The van der Waals surface area contributed by atoms with Crippen molar-refractivity contribution >= 4 is 44.6 Å². The second-order valence-electron chi connectivity index (χ2n) is 4.27. The first-order chi connectivity index (χ1) is 9.65. The van der Waals surface area contributed by atoms with E-state index in [1.165, 1.54) is 23.5 Å². The molecule has 1 amide bonds. The fourth-order valence-electron chi connectivity index (χ4n) is 1.94. The lowest BCUT2D eigenvalue weighted by Gasteiger charge is -2.05. The molecule has 0 saturated heterocycles. The average Bonchev–Trinajstić information content (AvgIpc) is 2.87. The van der Waals surface area contributed by atoms with Gasteiger partial charge < -0.3 is 10.4 Å². The number of anilines is 1. The average molecular weight is 304 g/mol. The summed E-state index contributed by atoms with van der Waals surface area (Å²) < 4.78 is 1.07. The highest BCUT2D eigenvalue weighted by molar-refractivity contribution is 7.17. The number of carbonyl (C=O) groups is 1. The summed E-state index contributed by atoms with van der Waals surface area (Å²) in [5, 5.41) is 15.3. The SMILES string of the molecule is O=C(Nc1ccc(Cl)c(O)c1)c1csc2ccccc12. The van der Waals surface area contributed by atoms with Gasteiger partial charge in [-0.25, -0.2) is 0 Å². The zero-order chi connectivity index (χ0) is 14.1. The van der Waals surface area contributed by atoms with Gasteiger partial charge in [0.15, 0.2) is 0 Å². The van der Waals surface area contributed by atoms with Crippen LogP contribution in [0.3, 0.4) is 0 Å². The van der Waals surface area contributed by atoms with Gasteiger partial charge in [-0.1, -0.05) is 29.8 Å². The summed E-state index contributed by atoms with van der Waals surface area (Å²) >= 11 is 7.26. The fraction of sp³-hybridized carbons (Fsp3) is 0. The molecule has 3 nitrogen and oxygen atoms in total. The van der Waals surface area contributed by atoms with Gasteiger partial charge in [0.05, 0.1) is 10.6 Å². The van der Waals surface area contributed by atoms with Gasteiger partial charge in [-0.3, -0.25) is 4.79 Å². The van der Waals surface area contributed by atoms with Crippen LogP contribution >= 0.6 is 22.9 Å². The number of benzene rings is 2. The molecule has 0 unspecified atom stereocenters. The van der Waals surface area contributed by atoms with Crippen molar-refractivity contribution in [2.75, 3.05) is 5.32 Å². The highest BCUT2D eigenvalue weighted by Gasteiger charge is 2.12. The number of halogens is 1. The highest BCUT2D eigenvalue weighted by Crippen LogP contribution is 2.28. The Hall–Kier alpha value is -2.04. The second kappa shape index (κ2) is 5.15. The summed E-state index contributed by atoms with van der Waals surface area (Å²) in [6, 6.07) is 12.4. The van der Waals surface area contributed by atoms with Gasteiger partial charge in [0.25, 0.3) is 5.91 Å². The van der Waals surface area contributed by atoms with Gasteiger partial charge in [-0.05, 0) is 18.2 Å². The van der Waals surface area contributed by atoms with E-state index in [0.717, 1.165) is 10.1 Å². The third-order valence-corrected chi connectivity index (χ3v) is 4.21. The van der Waals surface area contributed by atoms with Crippen molar-refractivity contribution < 1.29 is 9.90 Å². The summed E-state index contributed by atoms with van der Waals surface area (Å²) in [7, 11) is 0. The number of hydrogen-bond donors (Lipinski definition) is 2. The molecule has 2 N–H and O–H groups in total. The Bertz CT molecular complexity index is 797. The van der Waals surface area contributed by atoms with Crippen molar-refractivity contribution in [2.24, 2.45) is 0 Å². The Balaban J connectivity index is 1.91.